The van der Waals surface area contributed by atoms with Gasteiger partial charge in [-0.15, -0.1) is 0 Å². The quantitative estimate of drug-likeness (QED) is 0.900. The highest BCUT2D eigenvalue weighted by Gasteiger charge is 2.36. The van der Waals surface area contributed by atoms with Crippen LogP contribution in [0.25, 0.3) is 0 Å². The minimum atomic E-state index is -0.586. The Morgan fingerprint density at radius 3 is 2.68 bits per heavy atom. The van der Waals surface area contributed by atoms with E-state index in [0.29, 0.717) is 44.3 Å². The fourth-order valence-corrected chi connectivity index (χ4v) is 3.83. The molecule has 3 rings (SSSR count). The van der Waals surface area contributed by atoms with Crippen molar-refractivity contribution in [3.05, 3.63) is 35.6 Å². The summed E-state index contributed by atoms with van der Waals surface area (Å²) in [6, 6.07) is 6.08. The van der Waals surface area contributed by atoms with Crippen molar-refractivity contribution in [2.75, 3.05) is 39.4 Å². The molecule has 2 saturated heterocycles. The predicted octanol–water partition coefficient (Wildman–Crippen LogP) is 1.78. The average molecular weight is 349 g/mol. The Hall–Kier alpha value is -1.50. The van der Waals surface area contributed by atoms with Crippen LogP contribution in [-0.2, 0) is 9.53 Å². The number of benzene rings is 1. The first-order chi connectivity index (χ1) is 12.1. The lowest BCUT2D eigenvalue weighted by Gasteiger charge is -2.40. The van der Waals surface area contributed by atoms with E-state index in [1.54, 1.807) is 18.2 Å². The van der Waals surface area contributed by atoms with Gasteiger partial charge in [-0.2, -0.15) is 0 Å². The maximum atomic E-state index is 14.5. The molecule has 1 aromatic carbocycles. The molecule has 2 fully saturated rings. The molecule has 0 spiro atoms. The smallest absolute Gasteiger partial charge is 0.244 e. The van der Waals surface area contributed by atoms with Crippen LogP contribution >= 0.6 is 0 Å². The summed E-state index contributed by atoms with van der Waals surface area (Å²) in [6.45, 7) is 5.78. The van der Waals surface area contributed by atoms with Crippen molar-refractivity contribution in [3.8, 4) is 0 Å². The Morgan fingerprint density at radius 2 is 2.00 bits per heavy atom. The molecule has 0 aliphatic carbocycles. The van der Waals surface area contributed by atoms with Gasteiger partial charge in [0.15, 0.2) is 0 Å². The second-order valence-corrected chi connectivity index (χ2v) is 7.12. The van der Waals surface area contributed by atoms with Crippen LogP contribution in [0.2, 0.25) is 0 Å². The molecule has 2 aliphatic heterocycles. The number of piperidine rings is 1. The summed E-state index contributed by atoms with van der Waals surface area (Å²) < 4.78 is 19.9. The van der Waals surface area contributed by atoms with E-state index in [-0.39, 0.29) is 17.8 Å². The van der Waals surface area contributed by atoms with E-state index in [2.05, 4.69) is 0 Å². The van der Waals surface area contributed by atoms with Gasteiger partial charge >= 0.3 is 0 Å². The van der Waals surface area contributed by atoms with Crippen molar-refractivity contribution in [1.29, 1.82) is 0 Å². The third kappa shape index (κ3) is 4.19. The summed E-state index contributed by atoms with van der Waals surface area (Å²) in [6.07, 6.45) is 1.99. The molecule has 3 atom stereocenters. The summed E-state index contributed by atoms with van der Waals surface area (Å²) in [5.41, 5.74) is 6.51. The van der Waals surface area contributed by atoms with Crippen LogP contribution in [0.5, 0.6) is 0 Å². The van der Waals surface area contributed by atoms with Gasteiger partial charge in [0.25, 0.3) is 0 Å². The third-order valence-corrected chi connectivity index (χ3v) is 5.36. The van der Waals surface area contributed by atoms with Crippen LogP contribution in [0.3, 0.4) is 0 Å². The molecule has 0 radical (unpaired) electrons. The molecular formula is C19H28FN3O2. The number of nitrogens with two attached hydrogens (primary N) is 1. The van der Waals surface area contributed by atoms with Gasteiger partial charge < -0.3 is 15.4 Å². The molecule has 5 nitrogen and oxygen atoms in total. The summed E-state index contributed by atoms with van der Waals surface area (Å²) in [4.78, 5) is 17.3. The molecule has 2 N–H and O–H groups in total. The summed E-state index contributed by atoms with van der Waals surface area (Å²) in [7, 11) is 0. The highest BCUT2D eigenvalue weighted by Crippen LogP contribution is 2.29. The molecule has 0 aromatic heterocycles. The largest absolute Gasteiger partial charge is 0.379 e. The van der Waals surface area contributed by atoms with Crippen LogP contribution in [0.4, 0.5) is 4.39 Å². The topological polar surface area (TPSA) is 58.8 Å². The molecule has 2 aliphatic rings. The van der Waals surface area contributed by atoms with Crippen LogP contribution in [0.1, 0.15) is 31.4 Å². The number of rotatable bonds is 4. The van der Waals surface area contributed by atoms with Crippen LogP contribution in [0, 0.1) is 11.7 Å². The third-order valence-electron chi connectivity index (χ3n) is 5.36. The number of hydrogen-bond donors (Lipinski definition) is 1. The molecule has 2 heterocycles. The summed E-state index contributed by atoms with van der Waals surface area (Å²) in [5, 5.41) is 0. The molecule has 1 aromatic rings. The lowest BCUT2D eigenvalue weighted by molar-refractivity contribution is -0.141. The van der Waals surface area contributed by atoms with Gasteiger partial charge in [0.1, 0.15) is 11.9 Å². The first-order valence-corrected chi connectivity index (χ1v) is 9.18. The van der Waals surface area contributed by atoms with E-state index in [4.69, 9.17) is 10.5 Å². The van der Waals surface area contributed by atoms with E-state index in [1.165, 1.54) is 6.07 Å². The van der Waals surface area contributed by atoms with E-state index in [0.717, 1.165) is 19.4 Å². The molecular weight excluding hydrogens is 321 g/mol. The Labute approximate surface area is 148 Å². The number of nitrogens with zero attached hydrogens (tertiary/aromatic N) is 2. The van der Waals surface area contributed by atoms with Crippen molar-refractivity contribution in [1.82, 2.24) is 9.80 Å². The van der Waals surface area contributed by atoms with Gasteiger partial charge in [-0.3, -0.25) is 9.69 Å². The number of likely N-dealkylation sites (tertiary alicyclic amines) is 1. The minimum absolute atomic E-state index is 0.0163. The first kappa shape index (κ1) is 18.3. The molecule has 1 amide bonds. The zero-order valence-electron chi connectivity index (χ0n) is 14.9. The normalized spacial score (nSPS) is 24.8. The molecule has 0 bridgehead atoms. The predicted molar refractivity (Wildman–Crippen MR) is 94.5 cm³/mol. The number of carbonyl (C=O) groups is 1. The number of carbonyl (C=O) groups excluding carboxylic acids is 1. The van der Waals surface area contributed by atoms with Gasteiger partial charge in [0.05, 0.1) is 13.2 Å². The highest BCUT2D eigenvalue weighted by molar-refractivity contribution is 5.83. The van der Waals surface area contributed by atoms with E-state index < -0.39 is 6.04 Å². The zero-order valence-corrected chi connectivity index (χ0v) is 14.9. The molecule has 138 valence electrons. The summed E-state index contributed by atoms with van der Waals surface area (Å²) >= 11 is 0. The van der Waals surface area contributed by atoms with Crippen molar-refractivity contribution in [2.45, 2.75) is 31.8 Å². The van der Waals surface area contributed by atoms with Crippen molar-refractivity contribution in [2.24, 2.45) is 11.7 Å². The van der Waals surface area contributed by atoms with Crippen molar-refractivity contribution < 1.29 is 13.9 Å². The van der Waals surface area contributed by atoms with Crippen molar-refractivity contribution in [3.63, 3.8) is 0 Å². The molecule has 6 heteroatoms. The van der Waals surface area contributed by atoms with Gasteiger partial charge in [-0.25, -0.2) is 4.39 Å². The lowest BCUT2D eigenvalue weighted by atomic mass is 9.91. The Balaban J connectivity index is 1.85. The Morgan fingerprint density at radius 1 is 1.28 bits per heavy atom. The number of amides is 1. The fourth-order valence-electron chi connectivity index (χ4n) is 3.83. The standard InChI is InChI=1S/C19H28FN3O2/c1-14(21)15-5-4-8-23(13-15)19(24)18(22-9-11-25-12-10-22)16-6-2-3-7-17(16)20/h2-3,6-7,14-15,18H,4-5,8-13,21H2,1H3. The molecule has 0 saturated carbocycles. The van der Waals surface area contributed by atoms with Gasteiger partial charge in [-0.1, -0.05) is 18.2 Å². The monoisotopic (exact) mass is 349 g/mol. The highest BCUT2D eigenvalue weighted by atomic mass is 19.1. The maximum absolute atomic E-state index is 14.5. The number of halogens is 1. The van der Waals surface area contributed by atoms with E-state index in [1.807, 2.05) is 16.7 Å². The van der Waals surface area contributed by atoms with Gasteiger partial charge in [-0.05, 0) is 31.7 Å². The Kier molecular flexibility index (Phi) is 6.04. The van der Waals surface area contributed by atoms with E-state index in [9.17, 15) is 9.18 Å². The molecule has 25 heavy (non-hydrogen) atoms. The minimum Gasteiger partial charge on any atom is -0.379 e. The number of ether oxygens (including phenoxy) is 1. The zero-order chi connectivity index (χ0) is 17.8. The average Bonchev–Trinajstić information content (AvgIpc) is 2.64. The molecule has 3 unspecified atom stereocenters. The second kappa shape index (κ2) is 8.25. The second-order valence-electron chi connectivity index (χ2n) is 7.12. The number of morpholine rings is 1. The number of hydrogen-bond acceptors (Lipinski definition) is 4. The van der Waals surface area contributed by atoms with E-state index >= 15 is 0 Å². The van der Waals surface area contributed by atoms with Crippen LogP contribution < -0.4 is 5.73 Å². The summed E-state index contributed by atoms with van der Waals surface area (Å²) in [5.74, 6) is -0.0332. The van der Waals surface area contributed by atoms with Gasteiger partial charge in [0.2, 0.25) is 5.91 Å². The van der Waals surface area contributed by atoms with Crippen LogP contribution in [-0.4, -0.2) is 61.1 Å². The lowest BCUT2D eigenvalue weighted by Crippen LogP contribution is -2.51. The van der Waals surface area contributed by atoms with Crippen LogP contribution in [0.15, 0.2) is 24.3 Å². The fraction of sp³-hybridized carbons (Fsp3) is 0.632. The Bertz CT molecular complexity index is 590. The first-order valence-electron chi connectivity index (χ1n) is 9.18. The van der Waals surface area contributed by atoms with Gasteiger partial charge in [0, 0.05) is 37.8 Å². The van der Waals surface area contributed by atoms with Crippen molar-refractivity contribution >= 4 is 5.91 Å². The SMILES string of the molecule is CC(N)C1CCCN(C(=O)C(c2ccccc2F)N2CCOCC2)C1. The maximum Gasteiger partial charge on any atom is 0.244 e.